The van der Waals surface area contributed by atoms with Gasteiger partial charge < -0.3 is 14.8 Å². The largest absolute Gasteiger partial charge is 0.379 e. The van der Waals surface area contributed by atoms with Crippen molar-refractivity contribution < 1.29 is 24.0 Å². The van der Waals surface area contributed by atoms with Crippen molar-refractivity contribution in [1.29, 1.82) is 0 Å². The number of imide groups is 1. The van der Waals surface area contributed by atoms with Gasteiger partial charge in [-0.25, -0.2) is 0 Å². The first-order chi connectivity index (χ1) is 18.0. The van der Waals surface area contributed by atoms with E-state index in [0.717, 1.165) is 58.9 Å². The predicted molar refractivity (Wildman–Crippen MR) is 138 cm³/mol. The second-order valence-corrected chi connectivity index (χ2v) is 9.61. The van der Waals surface area contributed by atoms with Crippen LogP contribution in [-0.2, 0) is 9.47 Å². The second kappa shape index (κ2) is 11.5. The zero-order valence-corrected chi connectivity index (χ0v) is 20.9. The molecule has 0 radical (unpaired) electrons. The molecule has 2 amide bonds. The van der Waals surface area contributed by atoms with Crippen molar-refractivity contribution in [1.82, 2.24) is 14.7 Å². The van der Waals surface area contributed by atoms with Crippen molar-refractivity contribution in [2.24, 2.45) is 0 Å². The Morgan fingerprint density at radius 2 is 1.49 bits per heavy atom. The number of hydrogen-bond acceptors (Lipinski definition) is 9. The van der Waals surface area contributed by atoms with E-state index in [1.54, 1.807) is 18.2 Å². The van der Waals surface area contributed by atoms with E-state index in [-0.39, 0.29) is 23.7 Å². The quantitative estimate of drug-likeness (QED) is 0.222. The van der Waals surface area contributed by atoms with Crippen molar-refractivity contribution in [2.45, 2.75) is 12.8 Å². The number of benzene rings is 2. The molecule has 11 heteroatoms. The molecule has 0 aliphatic carbocycles. The van der Waals surface area contributed by atoms with Gasteiger partial charge in [-0.05, 0) is 25.5 Å². The van der Waals surface area contributed by atoms with Crippen LogP contribution in [0, 0.1) is 10.1 Å². The SMILES string of the molecule is O=C1c2cccc3c(NCCCN4CCOCC4)c([N+](=O)[O-])cc(c23)C(=O)N1CCCN1CCOCC1. The number of anilines is 1. The fourth-order valence-corrected chi connectivity index (χ4v) is 5.35. The number of nitro benzene ring substituents is 1. The van der Waals surface area contributed by atoms with Crippen molar-refractivity contribution in [2.75, 3.05) is 84.1 Å². The topological polar surface area (TPSA) is 117 Å². The maximum atomic E-state index is 13.4. The summed E-state index contributed by atoms with van der Waals surface area (Å²) < 4.78 is 10.8. The van der Waals surface area contributed by atoms with Gasteiger partial charge in [-0.1, -0.05) is 12.1 Å². The summed E-state index contributed by atoms with van der Waals surface area (Å²) >= 11 is 0. The molecule has 3 aliphatic heterocycles. The smallest absolute Gasteiger partial charge is 0.293 e. The molecule has 0 spiro atoms. The fraction of sp³-hybridized carbons (Fsp3) is 0.538. The highest BCUT2D eigenvalue weighted by molar-refractivity contribution is 6.27. The van der Waals surface area contributed by atoms with Crippen LogP contribution < -0.4 is 5.32 Å². The normalized spacial score (nSPS) is 19.0. The molecule has 37 heavy (non-hydrogen) atoms. The Morgan fingerprint density at radius 3 is 2.14 bits per heavy atom. The molecule has 11 nitrogen and oxygen atoms in total. The first-order valence-electron chi connectivity index (χ1n) is 13.0. The van der Waals surface area contributed by atoms with Crippen molar-refractivity contribution >= 4 is 34.0 Å². The van der Waals surface area contributed by atoms with E-state index >= 15 is 0 Å². The Morgan fingerprint density at radius 1 is 0.865 bits per heavy atom. The van der Waals surface area contributed by atoms with Crippen LogP contribution in [0.25, 0.3) is 10.8 Å². The fourth-order valence-electron chi connectivity index (χ4n) is 5.35. The van der Waals surface area contributed by atoms with E-state index in [4.69, 9.17) is 9.47 Å². The van der Waals surface area contributed by atoms with Gasteiger partial charge in [-0.2, -0.15) is 0 Å². The van der Waals surface area contributed by atoms with Gasteiger partial charge in [-0.15, -0.1) is 0 Å². The third-order valence-electron chi connectivity index (χ3n) is 7.30. The van der Waals surface area contributed by atoms with Gasteiger partial charge in [0, 0.05) is 68.2 Å². The Kier molecular flexibility index (Phi) is 7.94. The van der Waals surface area contributed by atoms with E-state index < -0.39 is 10.8 Å². The number of carbonyl (C=O) groups excluding carboxylic acids is 2. The molecule has 1 N–H and O–H groups in total. The van der Waals surface area contributed by atoms with Gasteiger partial charge in [0.25, 0.3) is 17.5 Å². The lowest BCUT2D eigenvalue weighted by Crippen LogP contribution is -2.43. The number of amides is 2. The highest BCUT2D eigenvalue weighted by Gasteiger charge is 2.36. The molecule has 2 aromatic rings. The maximum Gasteiger partial charge on any atom is 0.293 e. The second-order valence-electron chi connectivity index (χ2n) is 9.61. The average Bonchev–Trinajstić information content (AvgIpc) is 2.92. The molecule has 2 aromatic carbocycles. The third-order valence-corrected chi connectivity index (χ3v) is 7.30. The number of rotatable bonds is 10. The Labute approximate surface area is 215 Å². The van der Waals surface area contributed by atoms with Crippen LogP contribution in [0.1, 0.15) is 33.6 Å². The molecule has 3 aliphatic rings. The summed E-state index contributed by atoms with van der Waals surface area (Å²) in [6.07, 6.45) is 1.43. The summed E-state index contributed by atoms with van der Waals surface area (Å²) in [5, 5.41) is 16.3. The number of nitro groups is 1. The van der Waals surface area contributed by atoms with Crippen LogP contribution in [-0.4, -0.2) is 110 Å². The number of carbonyl (C=O) groups is 2. The monoisotopic (exact) mass is 511 g/mol. The molecule has 0 unspecified atom stereocenters. The zero-order valence-electron chi connectivity index (χ0n) is 20.9. The third kappa shape index (κ3) is 5.45. The molecule has 2 saturated heterocycles. The number of ether oxygens (including phenoxy) is 2. The standard InChI is InChI=1S/C26H33N5O6/c32-25-20-5-1-4-19-23(20)21(26(33)30(25)9-3-8-29-12-16-37-17-13-29)18-22(31(34)35)24(19)27-6-2-7-28-10-14-36-15-11-28/h1,4-5,18,27H,2-3,6-17H2. The highest BCUT2D eigenvalue weighted by Crippen LogP contribution is 2.40. The van der Waals surface area contributed by atoms with Crippen molar-refractivity contribution in [3.05, 3.63) is 45.5 Å². The summed E-state index contributed by atoms with van der Waals surface area (Å²) in [6.45, 7) is 8.66. The van der Waals surface area contributed by atoms with Gasteiger partial charge in [0.1, 0.15) is 5.69 Å². The number of nitrogens with zero attached hydrogens (tertiary/aromatic N) is 4. The minimum absolute atomic E-state index is 0.151. The molecule has 0 aromatic heterocycles. The van der Waals surface area contributed by atoms with E-state index in [2.05, 4.69) is 15.1 Å². The molecule has 0 atom stereocenters. The van der Waals surface area contributed by atoms with Gasteiger partial charge in [0.05, 0.1) is 36.9 Å². The summed E-state index contributed by atoms with van der Waals surface area (Å²) in [4.78, 5) is 44.2. The first kappa shape index (κ1) is 25.5. The van der Waals surface area contributed by atoms with Crippen molar-refractivity contribution in [3.8, 4) is 0 Å². The first-order valence-corrected chi connectivity index (χ1v) is 13.0. The lowest BCUT2D eigenvalue weighted by atomic mass is 9.92. The van der Waals surface area contributed by atoms with Crippen LogP contribution >= 0.6 is 0 Å². The minimum atomic E-state index is -0.474. The van der Waals surface area contributed by atoms with E-state index in [1.165, 1.54) is 11.0 Å². The molecular formula is C26H33N5O6. The number of morpholine rings is 2. The lowest BCUT2D eigenvalue weighted by Gasteiger charge is -2.30. The van der Waals surface area contributed by atoms with Crippen molar-refractivity contribution in [3.63, 3.8) is 0 Å². The summed E-state index contributed by atoms with van der Waals surface area (Å²) in [6, 6.07) is 6.50. The highest BCUT2D eigenvalue weighted by atomic mass is 16.6. The van der Waals surface area contributed by atoms with Gasteiger partial charge in [-0.3, -0.25) is 34.4 Å². The summed E-state index contributed by atoms with van der Waals surface area (Å²) in [5.41, 5.74) is 0.822. The van der Waals surface area contributed by atoms with E-state index in [9.17, 15) is 19.7 Å². The zero-order chi connectivity index (χ0) is 25.8. The van der Waals surface area contributed by atoms with E-state index in [0.29, 0.717) is 48.2 Å². The number of nitrogens with one attached hydrogen (secondary N) is 1. The number of hydrogen-bond donors (Lipinski definition) is 1. The molecule has 3 heterocycles. The van der Waals surface area contributed by atoms with Crippen LogP contribution in [0.4, 0.5) is 11.4 Å². The molecule has 2 fully saturated rings. The molecule has 198 valence electrons. The average molecular weight is 512 g/mol. The Bertz CT molecular complexity index is 1180. The molecule has 0 bridgehead atoms. The van der Waals surface area contributed by atoms with Crippen LogP contribution in [0.5, 0.6) is 0 Å². The van der Waals surface area contributed by atoms with Gasteiger partial charge >= 0.3 is 0 Å². The van der Waals surface area contributed by atoms with Gasteiger partial charge in [0.15, 0.2) is 0 Å². The predicted octanol–water partition coefficient (Wildman–Crippen LogP) is 2.20. The minimum Gasteiger partial charge on any atom is -0.379 e. The Hall–Kier alpha value is -3.12. The molecular weight excluding hydrogens is 478 g/mol. The molecule has 0 saturated carbocycles. The van der Waals surface area contributed by atoms with Crippen LogP contribution in [0.3, 0.4) is 0 Å². The lowest BCUT2D eigenvalue weighted by molar-refractivity contribution is -0.383. The maximum absolute atomic E-state index is 13.4. The van der Waals surface area contributed by atoms with Crippen LogP contribution in [0.15, 0.2) is 24.3 Å². The van der Waals surface area contributed by atoms with Crippen LogP contribution in [0.2, 0.25) is 0 Å². The van der Waals surface area contributed by atoms with Gasteiger partial charge in [0.2, 0.25) is 0 Å². The summed E-state index contributed by atoms with van der Waals surface area (Å²) in [5.74, 6) is -0.824. The van der Waals surface area contributed by atoms with E-state index in [1.807, 2.05) is 0 Å². The Balaban J connectivity index is 1.35. The molecule has 5 rings (SSSR count). The summed E-state index contributed by atoms with van der Waals surface area (Å²) in [7, 11) is 0.